The van der Waals surface area contributed by atoms with Crippen LogP contribution in [-0.4, -0.2) is 58.2 Å². The van der Waals surface area contributed by atoms with Crippen molar-refractivity contribution in [2.24, 2.45) is 23.7 Å². The predicted molar refractivity (Wildman–Crippen MR) is 107 cm³/mol. The third-order valence-corrected chi connectivity index (χ3v) is 6.19. The van der Waals surface area contributed by atoms with Crippen LogP contribution in [0.15, 0.2) is 0 Å². The van der Waals surface area contributed by atoms with Crippen LogP contribution in [0.4, 0.5) is 0 Å². The van der Waals surface area contributed by atoms with Crippen molar-refractivity contribution < 1.29 is 25.4 Å². The van der Waals surface area contributed by atoms with Crippen LogP contribution in [0, 0.1) is 23.7 Å². The number of hydroxylamine groups is 4. The zero-order valence-corrected chi connectivity index (χ0v) is 19.6. The van der Waals surface area contributed by atoms with Gasteiger partial charge in [0.15, 0.2) is 0 Å². The van der Waals surface area contributed by atoms with Gasteiger partial charge in [0.05, 0.1) is 0 Å². The molecule has 0 aromatic heterocycles. The Labute approximate surface area is 166 Å². The molecule has 27 heavy (non-hydrogen) atoms. The Morgan fingerprint density at radius 3 is 0.963 bits per heavy atom. The SMILES string of the molecule is CC(C)CN(CC(C)C)OS(=O)(=O)CS(=O)(=O)ON(CC(C)C)CC(C)C. The molecule has 0 saturated carbocycles. The maximum Gasteiger partial charge on any atom is 0.300 e. The number of hydrogen-bond acceptors (Lipinski definition) is 8. The molecule has 0 bridgehead atoms. The lowest BCUT2D eigenvalue weighted by atomic mass is 10.2. The van der Waals surface area contributed by atoms with E-state index >= 15 is 0 Å². The molecule has 0 aliphatic carbocycles. The highest BCUT2D eigenvalue weighted by Crippen LogP contribution is 2.13. The first-order valence-electron chi connectivity index (χ1n) is 9.46. The van der Waals surface area contributed by atoms with Crippen LogP contribution in [0.5, 0.6) is 0 Å². The van der Waals surface area contributed by atoms with Crippen LogP contribution >= 0.6 is 0 Å². The summed E-state index contributed by atoms with van der Waals surface area (Å²) in [5.74, 6) is 0.664. The monoisotopic (exact) mass is 430 g/mol. The molecular formula is C17H38N2O6S2. The van der Waals surface area contributed by atoms with Crippen LogP contribution < -0.4 is 0 Å². The van der Waals surface area contributed by atoms with E-state index in [9.17, 15) is 16.8 Å². The largest absolute Gasteiger partial charge is 0.300 e. The summed E-state index contributed by atoms with van der Waals surface area (Å²) in [4.78, 5) is 0. The molecule has 10 heteroatoms. The van der Waals surface area contributed by atoms with E-state index in [-0.39, 0.29) is 23.7 Å². The van der Waals surface area contributed by atoms with Crippen LogP contribution in [0.3, 0.4) is 0 Å². The molecule has 0 amide bonds. The first kappa shape index (κ1) is 26.7. The van der Waals surface area contributed by atoms with Gasteiger partial charge in [-0.25, -0.2) is 0 Å². The molecule has 0 aliphatic heterocycles. The maximum absolute atomic E-state index is 12.3. The predicted octanol–water partition coefficient (Wildman–Crippen LogP) is 2.69. The number of nitrogens with zero attached hydrogens (tertiary/aromatic N) is 2. The van der Waals surface area contributed by atoms with E-state index in [1.54, 1.807) is 0 Å². The van der Waals surface area contributed by atoms with Gasteiger partial charge in [0, 0.05) is 26.2 Å². The molecule has 164 valence electrons. The van der Waals surface area contributed by atoms with E-state index in [2.05, 4.69) is 0 Å². The molecule has 0 atom stereocenters. The van der Waals surface area contributed by atoms with Gasteiger partial charge in [-0.1, -0.05) is 55.4 Å². The summed E-state index contributed by atoms with van der Waals surface area (Å²) in [6.45, 7) is 17.0. The van der Waals surface area contributed by atoms with Crippen molar-refractivity contribution in [2.45, 2.75) is 55.4 Å². The Hall–Kier alpha value is -0.260. The number of hydrogen-bond donors (Lipinski definition) is 0. The van der Waals surface area contributed by atoms with E-state index in [0.29, 0.717) is 26.2 Å². The molecule has 8 nitrogen and oxygen atoms in total. The summed E-state index contributed by atoms with van der Waals surface area (Å²) in [6.07, 6.45) is 0. The van der Waals surface area contributed by atoms with Crippen molar-refractivity contribution in [3.8, 4) is 0 Å². The van der Waals surface area contributed by atoms with E-state index in [1.807, 2.05) is 55.4 Å². The molecule has 0 N–H and O–H groups in total. The molecular weight excluding hydrogens is 392 g/mol. The molecule has 0 radical (unpaired) electrons. The summed E-state index contributed by atoms with van der Waals surface area (Å²) in [6, 6.07) is 0. The quantitative estimate of drug-likeness (QED) is 0.388. The van der Waals surface area contributed by atoms with Crippen LogP contribution in [0.2, 0.25) is 0 Å². The van der Waals surface area contributed by atoms with E-state index in [0.717, 1.165) is 0 Å². The fourth-order valence-electron chi connectivity index (χ4n) is 2.44. The zero-order valence-electron chi connectivity index (χ0n) is 18.0. The Morgan fingerprint density at radius 2 is 0.778 bits per heavy atom. The summed E-state index contributed by atoms with van der Waals surface area (Å²) in [5, 5.41) is 1.39. The Balaban J connectivity index is 5.13. The third kappa shape index (κ3) is 14.4. The molecule has 0 rings (SSSR count). The maximum atomic E-state index is 12.3. The van der Waals surface area contributed by atoms with Crippen molar-refractivity contribution in [3.63, 3.8) is 0 Å². The van der Waals surface area contributed by atoms with Gasteiger partial charge >= 0.3 is 20.2 Å². The Kier molecular flexibility index (Phi) is 11.6. The fraction of sp³-hybridized carbons (Fsp3) is 1.00. The zero-order chi connectivity index (χ0) is 21.4. The lowest BCUT2D eigenvalue weighted by Crippen LogP contribution is -2.38. The smallest absolute Gasteiger partial charge is 0.197 e. The Bertz CT molecular complexity index is 541. The normalized spacial score (nSPS) is 13.9. The lowest BCUT2D eigenvalue weighted by Gasteiger charge is -2.26. The van der Waals surface area contributed by atoms with Gasteiger partial charge < -0.3 is 0 Å². The molecule has 0 saturated heterocycles. The second kappa shape index (κ2) is 11.7. The minimum atomic E-state index is -4.35. The fourth-order valence-corrected chi connectivity index (χ4v) is 5.09. The van der Waals surface area contributed by atoms with E-state index < -0.39 is 25.3 Å². The van der Waals surface area contributed by atoms with Crippen LogP contribution in [0.1, 0.15) is 55.4 Å². The molecule has 0 fully saturated rings. The van der Waals surface area contributed by atoms with E-state index in [1.165, 1.54) is 10.1 Å². The summed E-state index contributed by atoms with van der Waals surface area (Å²) >= 11 is 0. The average Bonchev–Trinajstić information content (AvgIpc) is 2.30. The van der Waals surface area contributed by atoms with Gasteiger partial charge in [0.2, 0.25) is 5.08 Å². The minimum Gasteiger partial charge on any atom is -0.197 e. The van der Waals surface area contributed by atoms with Crippen LogP contribution in [0.25, 0.3) is 0 Å². The van der Waals surface area contributed by atoms with Gasteiger partial charge in [-0.05, 0) is 23.7 Å². The van der Waals surface area contributed by atoms with Crippen LogP contribution in [-0.2, 0) is 28.8 Å². The van der Waals surface area contributed by atoms with Crippen molar-refractivity contribution in [1.29, 1.82) is 0 Å². The molecule has 0 aromatic rings. The Morgan fingerprint density at radius 1 is 0.556 bits per heavy atom. The van der Waals surface area contributed by atoms with Crippen molar-refractivity contribution in [2.75, 3.05) is 31.3 Å². The first-order chi connectivity index (χ1) is 12.1. The number of rotatable bonds is 14. The highest BCUT2D eigenvalue weighted by Gasteiger charge is 2.30. The molecule has 0 aromatic carbocycles. The highest BCUT2D eigenvalue weighted by molar-refractivity contribution is 8.03. The topological polar surface area (TPSA) is 93.2 Å². The first-order valence-corrected chi connectivity index (χ1v) is 12.6. The van der Waals surface area contributed by atoms with Crippen molar-refractivity contribution >= 4 is 20.2 Å². The summed E-state index contributed by atoms with van der Waals surface area (Å²) in [7, 11) is -8.69. The summed E-state index contributed by atoms with van der Waals surface area (Å²) < 4.78 is 59.3. The van der Waals surface area contributed by atoms with Gasteiger partial charge in [0.1, 0.15) is 0 Å². The molecule has 0 aliphatic rings. The third-order valence-electron chi connectivity index (χ3n) is 3.00. The second-order valence-corrected chi connectivity index (χ2v) is 12.1. The second-order valence-electron chi connectivity index (χ2n) is 8.65. The van der Waals surface area contributed by atoms with Gasteiger partial charge in [-0.3, -0.25) is 0 Å². The molecule has 0 unspecified atom stereocenters. The standard InChI is InChI=1S/C17H38N2O6S2/c1-14(2)9-18(10-15(3)4)24-26(20,21)13-27(22,23)25-19(11-16(5)6)12-17(7)8/h14-17H,9-13H2,1-8H3. The summed E-state index contributed by atoms with van der Waals surface area (Å²) in [5.41, 5.74) is 0. The van der Waals surface area contributed by atoms with Gasteiger partial charge in [-0.15, -0.1) is 0 Å². The average molecular weight is 431 g/mol. The lowest BCUT2D eigenvalue weighted by molar-refractivity contribution is -0.0715. The van der Waals surface area contributed by atoms with E-state index in [4.69, 9.17) is 8.57 Å². The highest BCUT2D eigenvalue weighted by atomic mass is 32.3. The van der Waals surface area contributed by atoms with Crippen molar-refractivity contribution in [1.82, 2.24) is 10.1 Å². The minimum absolute atomic E-state index is 0.166. The van der Waals surface area contributed by atoms with Gasteiger partial charge in [-0.2, -0.15) is 35.5 Å². The molecule has 0 heterocycles. The van der Waals surface area contributed by atoms with Gasteiger partial charge in [0.25, 0.3) is 0 Å². The molecule has 0 spiro atoms. The van der Waals surface area contributed by atoms with Crippen molar-refractivity contribution in [3.05, 3.63) is 0 Å².